The van der Waals surface area contributed by atoms with Crippen molar-refractivity contribution in [3.63, 3.8) is 0 Å². The maximum atomic E-state index is 10.7. The lowest BCUT2D eigenvalue weighted by Crippen LogP contribution is -2.40. The fraction of sp³-hybridized carbons (Fsp3) is 0.393. The first kappa shape index (κ1) is 30.6. The van der Waals surface area contributed by atoms with E-state index in [9.17, 15) is 5.11 Å². The quantitative estimate of drug-likeness (QED) is 0.308. The highest BCUT2D eigenvalue weighted by atomic mass is 35.5. The maximum absolute atomic E-state index is 10.7. The Kier molecular flexibility index (Phi) is 10.5. The fourth-order valence-electron chi connectivity index (χ4n) is 5.00. The number of aromatic nitrogens is 1. The number of likely N-dealkylation sites (tertiary alicyclic amines) is 1. The number of hydrogen-bond donors (Lipinski definition) is 1. The average Bonchev–Trinajstić information content (AvgIpc) is 3.66. The summed E-state index contributed by atoms with van der Waals surface area (Å²) in [6.45, 7) is 4.98. The van der Waals surface area contributed by atoms with E-state index in [0.717, 1.165) is 55.0 Å². The molecule has 0 spiro atoms. The van der Waals surface area contributed by atoms with E-state index in [1.165, 1.54) is 5.56 Å². The van der Waals surface area contributed by atoms with Gasteiger partial charge in [-0.15, -0.1) is 24.8 Å². The van der Waals surface area contributed by atoms with Gasteiger partial charge < -0.3 is 38.5 Å². The van der Waals surface area contributed by atoms with Gasteiger partial charge in [0.05, 0.1) is 11.6 Å². The molecular weight excluding hydrogens is 547 g/mol. The number of aryl methyl sites for hydroxylation is 1. The Morgan fingerprint density at radius 3 is 2.62 bits per heavy atom. The Morgan fingerprint density at radius 2 is 1.85 bits per heavy atom. The van der Waals surface area contributed by atoms with E-state index >= 15 is 0 Å². The second-order valence-electron chi connectivity index (χ2n) is 9.42. The largest absolute Gasteiger partial charge is 0.490 e. The minimum absolute atomic E-state index is 0. The van der Waals surface area contributed by atoms with E-state index in [4.69, 9.17) is 23.0 Å². The van der Waals surface area contributed by atoms with E-state index in [1.54, 1.807) is 6.20 Å². The molecule has 1 saturated heterocycles. The summed E-state index contributed by atoms with van der Waals surface area (Å²) in [6, 6.07) is 13.8. The SMILES string of the molecule is CCc1cnc(-c2cc3c(OC[C@@H](O)CN4CCC(c5ccc6c(c5)OCO6)CC4)cccc3o2)o1.Cl.Cl.O. The lowest BCUT2D eigenvalue weighted by molar-refractivity contribution is 0.0599. The number of aliphatic hydroxyl groups is 1. The van der Waals surface area contributed by atoms with Crippen molar-refractivity contribution in [2.75, 3.05) is 33.0 Å². The Bertz CT molecular complexity index is 1350. The van der Waals surface area contributed by atoms with Crippen LogP contribution in [-0.4, -0.2) is 59.6 Å². The Labute approximate surface area is 239 Å². The standard InChI is InChI=1S/C28H30N2O6.2ClH.H2O/c1-2-21-14-29-28(35-21)27-13-22-23(4-3-5-24(22)36-27)32-16-20(31)15-30-10-8-18(9-11-30)19-6-7-25-26(12-19)34-17-33-25;;;/h3-7,12-14,18,20,31H,2,8-11,15-17H2,1H3;2*1H;1H2/t20-;;;/m0.../s1. The van der Waals surface area contributed by atoms with Crippen LogP contribution in [-0.2, 0) is 6.42 Å². The van der Waals surface area contributed by atoms with Crippen molar-refractivity contribution in [3.8, 4) is 28.9 Å². The van der Waals surface area contributed by atoms with Gasteiger partial charge in [0, 0.05) is 19.0 Å². The molecule has 0 unspecified atom stereocenters. The minimum Gasteiger partial charge on any atom is -0.490 e. The zero-order valence-corrected chi connectivity index (χ0v) is 23.3. The first-order chi connectivity index (χ1) is 17.7. The number of benzene rings is 2. The molecule has 2 aromatic heterocycles. The van der Waals surface area contributed by atoms with E-state index in [-0.39, 0.29) is 36.9 Å². The van der Waals surface area contributed by atoms with E-state index in [0.29, 0.717) is 42.2 Å². The predicted octanol–water partition coefficient (Wildman–Crippen LogP) is 5.02. The summed E-state index contributed by atoms with van der Waals surface area (Å²) in [4.78, 5) is 6.61. The third-order valence-corrected chi connectivity index (χ3v) is 6.99. The van der Waals surface area contributed by atoms with Crippen molar-refractivity contribution in [3.05, 3.63) is 60.0 Å². The molecule has 0 bridgehead atoms. The number of ether oxygens (including phenoxy) is 3. The highest BCUT2D eigenvalue weighted by Crippen LogP contribution is 2.37. The van der Waals surface area contributed by atoms with Gasteiger partial charge in [0.25, 0.3) is 5.89 Å². The van der Waals surface area contributed by atoms with Gasteiger partial charge in [0.1, 0.15) is 29.8 Å². The smallest absolute Gasteiger partial charge is 0.263 e. The van der Waals surface area contributed by atoms with Crippen LogP contribution < -0.4 is 14.2 Å². The lowest BCUT2D eigenvalue weighted by Gasteiger charge is -2.33. The summed E-state index contributed by atoms with van der Waals surface area (Å²) in [5.41, 5.74) is 1.99. The van der Waals surface area contributed by atoms with Crippen LogP contribution in [0.4, 0.5) is 0 Å². The van der Waals surface area contributed by atoms with Crippen LogP contribution in [0.15, 0.2) is 57.5 Å². The molecule has 0 amide bonds. The molecule has 1 atom stereocenters. The van der Waals surface area contributed by atoms with Crippen LogP contribution in [0.1, 0.15) is 37.0 Å². The molecule has 4 heterocycles. The molecule has 0 saturated carbocycles. The molecule has 2 aliphatic heterocycles. The van der Waals surface area contributed by atoms with Crippen LogP contribution in [0.3, 0.4) is 0 Å². The summed E-state index contributed by atoms with van der Waals surface area (Å²) >= 11 is 0. The monoisotopic (exact) mass is 580 g/mol. The number of β-amino-alcohol motifs (C(OH)–C–C–N with tert-alkyl or cyclic N) is 1. The molecule has 39 heavy (non-hydrogen) atoms. The molecule has 6 rings (SSSR count). The van der Waals surface area contributed by atoms with Crippen molar-refractivity contribution in [1.29, 1.82) is 0 Å². The second kappa shape index (κ2) is 13.4. The molecule has 2 aromatic carbocycles. The van der Waals surface area contributed by atoms with Crippen molar-refractivity contribution >= 4 is 35.8 Å². The molecule has 4 aromatic rings. The summed E-state index contributed by atoms with van der Waals surface area (Å²) in [5.74, 6) is 4.66. The van der Waals surface area contributed by atoms with Gasteiger partial charge in [0.15, 0.2) is 17.3 Å². The van der Waals surface area contributed by atoms with Crippen LogP contribution in [0.5, 0.6) is 17.2 Å². The van der Waals surface area contributed by atoms with Gasteiger partial charge >= 0.3 is 0 Å². The van der Waals surface area contributed by atoms with Crippen LogP contribution in [0.25, 0.3) is 22.6 Å². The van der Waals surface area contributed by atoms with Gasteiger partial charge in [0.2, 0.25) is 6.79 Å². The van der Waals surface area contributed by atoms with Crippen molar-refractivity contribution in [1.82, 2.24) is 9.88 Å². The van der Waals surface area contributed by atoms with Crippen LogP contribution in [0.2, 0.25) is 0 Å². The third-order valence-electron chi connectivity index (χ3n) is 6.99. The van der Waals surface area contributed by atoms with Crippen molar-refractivity contribution in [2.24, 2.45) is 0 Å². The van der Waals surface area contributed by atoms with Gasteiger partial charge in [-0.05, 0) is 61.7 Å². The first-order valence-corrected chi connectivity index (χ1v) is 12.6. The van der Waals surface area contributed by atoms with E-state index < -0.39 is 6.10 Å². The highest BCUT2D eigenvalue weighted by molar-refractivity contribution is 5.87. The topological polar surface area (TPSA) is 122 Å². The first-order valence-electron chi connectivity index (χ1n) is 12.6. The molecule has 0 radical (unpaired) electrons. The lowest BCUT2D eigenvalue weighted by atomic mass is 9.89. The average molecular weight is 581 g/mol. The molecule has 3 N–H and O–H groups in total. The van der Waals surface area contributed by atoms with Gasteiger partial charge in [-0.25, -0.2) is 4.98 Å². The molecule has 212 valence electrons. The number of fused-ring (bicyclic) bond motifs is 2. The third kappa shape index (κ3) is 6.62. The Morgan fingerprint density at radius 1 is 1.05 bits per heavy atom. The highest BCUT2D eigenvalue weighted by Gasteiger charge is 2.24. The number of hydrogen-bond acceptors (Lipinski definition) is 8. The fourth-order valence-corrected chi connectivity index (χ4v) is 5.00. The van der Waals surface area contributed by atoms with Crippen molar-refractivity contribution < 1.29 is 33.6 Å². The zero-order valence-electron chi connectivity index (χ0n) is 21.6. The minimum atomic E-state index is -0.590. The Balaban J connectivity index is 0.00000140. The number of rotatable bonds is 8. The predicted molar refractivity (Wildman–Crippen MR) is 152 cm³/mol. The summed E-state index contributed by atoms with van der Waals surface area (Å²) in [6.07, 6.45) is 3.99. The summed E-state index contributed by atoms with van der Waals surface area (Å²) in [5, 5.41) is 11.5. The second-order valence-corrected chi connectivity index (χ2v) is 9.42. The van der Waals surface area contributed by atoms with Crippen LogP contribution in [0, 0.1) is 0 Å². The van der Waals surface area contributed by atoms with Gasteiger partial charge in [-0.3, -0.25) is 0 Å². The normalized spacial score (nSPS) is 15.7. The number of oxazole rings is 1. The van der Waals surface area contributed by atoms with Crippen molar-refractivity contribution in [2.45, 2.75) is 38.2 Å². The van der Waals surface area contributed by atoms with E-state index in [1.807, 2.05) is 37.3 Å². The maximum Gasteiger partial charge on any atom is 0.263 e. The summed E-state index contributed by atoms with van der Waals surface area (Å²) in [7, 11) is 0. The number of furan rings is 1. The molecule has 0 aliphatic carbocycles. The summed E-state index contributed by atoms with van der Waals surface area (Å²) < 4.78 is 28.6. The van der Waals surface area contributed by atoms with Gasteiger partial charge in [-0.2, -0.15) is 0 Å². The molecule has 1 fully saturated rings. The van der Waals surface area contributed by atoms with E-state index in [2.05, 4.69) is 22.0 Å². The van der Waals surface area contributed by atoms with Gasteiger partial charge in [-0.1, -0.05) is 19.1 Å². The molecular formula is C28H34Cl2N2O7. The molecule has 11 heteroatoms. The Hall–Kier alpha value is -2.95. The number of piperidine rings is 1. The number of nitrogens with zero attached hydrogens (tertiary/aromatic N) is 2. The molecule has 2 aliphatic rings. The van der Waals surface area contributed by atoms with Crippen LogP contribution >= 0.6 is 24.8 Å². The molecule has 9 nitrogen and oxygen atoms in total. The number of halogens is 2. The zero-order chi connectivity index (χ0) is 24.5. The number of aliphatic hydroxyl groups excluding tert-OH is 1.